The lowest BCUT2D eigenvalue weighted by Gasteiger charge is -2.06. The Morgan fingerprint density at radius 1 is 1.31 bits per heavy atom. The van der Waals surface area contributed by atoms with Crippen LogP contribution in [0, 0.1) is 0 Å². The maximum atomic E-state index is 5.31. The molecular weight excluding hydrogens is 180 g/mol. The van der Waals surface area contributed by atoms with Crippen molar-refractivity contribution in [1.29, 1.82) is 0 Å². The summed E-state index contributed by atoms with van der Waals surface area (Å²) in [5.41, 5.74) is 0. The normalized spacial score (nSPS) is 13.4. The van der Waals surface area contributed by atoms with Crippen LogP contribution in [-0.4, -0.2) is 7.11 Å². The molecular formula is C11H12OS. The Kier molecular flexibility index (Phi) is 2.34. The third-order valence-electron chi connectivity index (χ3n) is 2.26. The third-order valence-corrected chi connectivity index (χ3v) is 3.44. The maximum Gasteiger partial charge on any atom is 0.0891 e. The van der Waals surface area contributed by atoms with Crippen LogP contribution in [0.15, 0.2) is 29.6 Å². The number of ether oxygens (including phenoxy) is 1. The summed E-state index contributed by atoms with van der Waals surface area (Å²) < 4.78 is 5.31. The number of benzene rings is 1. The molecule has 0 saturated heterocycles. The van der Waals surface area contributed by atoms with E-state index >= 15 is 0 Å². The molecule has 1 aromatic carbocycles. The number of fused-ring (bicyclic) bond motifs is 1. The van der Waals surface area contributed by atoms with Gasteiger partial charge in [-0.3, -0.25) is 0 Å². The van der Waals surface area contributed by atoms with Gasteiger partial charge in [-0.1, -0.05) is 24.3 Å². The van der Waals surface area contributed by atoms with Crippen LogP contribution >= 0.6 is 11.3 Å². The molecule has 0 radical (unpaired) electrons. The lowest BCUT2D eigenvalue weighted by molar-refractivity contribution is 0.123. The first kappa shape index (κ1) is 8.73. The van der Waals surface area contributed by atoms with Crippen molar-refractivity contribution in [3.8, 4) is 0 Å². The first-order chi connectivity index (χ1) is 6.33. The molecule has 2 aromatic rings. The van der Waals surface area contributed by atoms with Crippen molar-refractivity contribution in [2.75, 3.05) is 7.11 Å². The summed E-state index contributed by atoms with van der Waals surface area (Å²) in [6.07, 6.45) is 0.199. The molecule has 2 heteroatoms. The molecule has 0 N–H and O–H groups in total. The highest BCUT2D eigenvalue weighted by Crippen LogP contribution is 2.31. The van der Waals surface area contributed by atoms with E-state index < -0.39 is 0 Å². The van der Waals surface area contributed by atoms with E-state index in [0.29, 0.717) is 0 Å². The van der Waals surface area contributed by atoms with E-state index in [4.69, 9.17) is 4.74 Å². The summed E-state index contributed by atoms with van der Waals surface area (Å²) >= 11 is 1.77. The highest BCUT2D eigenvalue weighted by molar-refractivity contribution is 7.11. The van der Waals surface area contributed by atoms with E-state index in [0.717, 1.165) is 0 Å². The van der Waals surface area contributed by atoms with Gasteiger partial charge in [0.1, 0.15) is 0 Å². The Labute approximate surface area is 82.0 Å². The molecule has 0 amide bonds. The predicted octanol–water partition coefficient (Wildman–Crippen LogP) is 3.61. The minimum absolute atomic E-state index is 0.199. The average molecular weight is 192 g/mol. The van der Waals surface area contributed by atoms with Crippen LogP contribution in [0.25, 0.3) is 10.8 Å². The molecule has 68 valence electrons. The van der Waals surface area contributed by atoms with Crippen molar-refractivity contribution in [3.05, 3.63) is 34.5 Å². The lowest BCUT2D eigenvalue weighted by Crippen LogP contribution is -1.92. The second-order valence-electron chi connectivity index (χ2n) is 3.07. The van der Waals surface area contributed by atoms with E-state index in [1.54, 1.807) is 18.4 Å². The molecule has 1 nitrogen and oxygen atoms in total. The summed E-state index contributed by atoms with van der Waals surface area (Å²) in [6, 6.07) is 8.42. The standard InChI is InChI=1S/C11H12OS/c1-8(12-2)11-10-6-4-3-5-9(10)7-13-11/h3-8H,1-2H3. The number of thiophene rings is 1. The Morgan fingerprint density at radius 3 is 2.85 bits per heavy atom. The molecule has 1 aromatic heterocycles. The van der Waals surface area contributed by atoms with Gasteiger partial charge in [-0.05, 0) is 23.1 Å². The second-order valence-corrected chi connectivity index (χ2v) is 3.98. The van der Waals surface area contributed by atoms with E-state index in [-0.39, 0.29) is 6.10 Å². The van der Waals surface area contributed by atoms with E-state index in [1.807, 2.05) is 0 Å². The third kappa shape index (κ3) is 1.47. The minimum atomic E-state index is 0.199. The first-order valence-electron chi connectivity index (χ1n) is 4.32. The van der Waals surface area contributed by atoms with Gasteiger partial charge >= 0.3 is 0 Å². The monoisotopic (exact) mass is 192 g/mol. The molecule has 0 spiro atoms. The largest absolute Gasteiger partial charge is 0.376 e. The molecule has 0 aliphatic heterocycles. The van der Waals surface area contributed by atoms with Crippen LogP contribution in [0.5, 0.6) is 0 Å². The topological polar surface area (TPSA) is 9.23 Å². The highest BCUT2D eigenvalue weighted by atomic mass is 32.1. The van der Waals surface area contributed by atoms with Crippen LogP contribution in [0.3, 0.4) is 0 Å². The first-order valence-corrected chi connectivity index (χ1v) is 5.20. The zero-order chi connectivity index (χ0) is 9.26. The van der Waals surface area contributed by atoms with Gasteiger partial charge in [-0.25, -0.2) is 0 Å². The average Bonchev–Trinajstić information content (AvgIpc) is 2.60. The predicted molar refractivity (Wildman–Crippen MR) is 57.2 cm³/mol. The number of methoxy groups -OCH3 is 1. The quantitative estimate of drug-likeness (QED) is 0.706. The van der Waals surface area contributed by atoms with E-state index in [2.05, 4.69) is 36.6 Å². The van der Waals surface area contributed by atoms with Crippen LogP contribution in [0.2, 0.25) is 0 Å². The number of rotatable bonds is 2. The Balaban J connectivity index is 2.57. The second kappa shape index (κ2) is 3.48. The molecule has 2 rings (SSSR count). The molecule has 0 bridgehead atoms. The smallest absolute Gasteiger partial charge is 0.0891 e. The molecule has 0 saturated carbocycles. The van der Waals surface area contributed by atoms with Crippen molar-refractivity contribution in [1.82, 2.24) is 0 Å². The van der Waals surface area contributed by atoms with Gasteiger partial charge in [0.2, 0.25) is 0 Å². The van der Waals surface area contributed by atoms with Crippen molar-refractivity contribution in [3.63, 3.8) is 0 Å². The Bertz CT molecular complexity index is 405. The molecule has 1 unspecified atom stereocenters. The van der Waals surface area contributed by atoms with Gasteiger partial charge < -0.3 is 4.74 Å². The zero-order valence-electron chi connectivity index (χ0n) is 7.78. The van der Waals surface area contributed by atoms with Crippen LogP contribution in [-0.2, 0) is 4.74 Å². The minimum Gasteiger partial charge on any atom is -0.376 e. The van der Waals surface area contributed by atoms with Crippen LogP contribution in [0.1, 0.15) is 17.9 Å². The van der Waals surface area contributed by atoms with E-state index in [9.17, 15) is 0 Å². The van der Waals surface area contributed by atoms with Gasteiger partial charge in [-0.2, -0.15) is 0 Å². The van der Waals surface area contributed by atoms with Gasteiger partial charge in [-0.15, -0.1) is 11.3 Å². The highest BCUT2D eigenvalue weighted by Gasteiger charge is 2.09. The van der Waals surface area contributed by atoms with Gasteiger partial charge in [0.05, 0.1) is 6.10 Å². The van der Waals surface area contributed by atoms with E-state index in [1.165, 1.54) is 15.6 Å². The Hall–Kier alpha value is -0.860. The molecule has 0 aliphatic rings. The van der Waals surface area contributed by atoms with Crippen molar-refractivity contribution in [2.45, 2.75) is 13.0 Å². The maximum absolute atomic E-state index is 5.31. The number of hydrogen-bond donors (Lipinski definition) is 0. The molecule has 1 heterocycles. The molecule has 13 heavy (non-hydrogen) atoms. The van der Waals surface area contributed by atoms with Crippen molar-refractivity contribution >= 4 is 22.1 Å². The van der Waals surface area contributed by atoms with Gasteiger partial charge in [0.15, 0.2) is 0 Å². The summed E-state index contributed by atoms with van der Waals surface area (Å²) in [5.74, 6) is 0. The zero-order valence-corrected chi connectivity index (χ0v) is 8.60. The Morgan fingerprint density at radius 2 is 2.08 bits per heavy atom. The fourth-order valence-electron chi connectivity index (χ4n) is 1.44. The number of hydrogen-bond acceptors (Lipinski definition) is 2. The molecule has 0 fully saturated rings. The van der Waals surface area contributed by atoms with Gasteiger partial charge in [0, 0.05) is 12.0 Å². The van der Waals surface area contributed by atoms with Crippen LogP contribution < -0.4 is 0 Å². The molecule has 0 aliphatic carbocycles. The fourth-order valence-corrected chi connectivity index (χ4v) is 2.50. The molecule has 1 atom stereocenters. The summed E-state index contributed by atoms with van der Waals surface area (Å²) in [6.45, 7) is 2.08. The summed E-state index contributed by atoms with van der Waals surface area (Å²) in [7, 11) is 1.75. The van der Waals surface area contributed by atoms with Gasteiger partial charge in [0.25, 0.3) is 0 Å². The summed E-state index contributed by atoms with van der Waals surface area (Å²) in [5, 5.41) is 4.81. The summed E-state index contributed by atoms with van der Waals surface area (Å²) in [4.78, 5) is 1.32. The fraction of sp³-hybridized carbons (Fsp3) is 0.273. The van der Waals surface area contributed by atoms with Crippen molar-refractivity contribution in [2.24, 2.45) is 0 Å². The lowest BCUT2D eigenvalue weighted by atomic mass is 10.1. The SMILES string of the molecule is COC(C)c1scc2ccccc12. The van der Waals surface area contributed by atoms with Crippen molar-refractivity contribution < 1.29 is 4.74 Å². The van der Waals surface area contributed by atoms with Crippen LogP contribution in [0.4, 0.5) is 0 Å².